The molecule has 0 heterocycles. The number of sulfonamides is 1. The Morgan fingerprint density at radius 1 is 1.03 bits per heavy atom. The van der Waals surface area contributed by atoms with Crippen LogP contribution in [0.25, 0.3) is 0 Å². The van der Waals surface area contributed by atoms with Crippen molar-refractivity contribution in [1.82, 2.24) is 5.32 Å². The lowest BCUT2D eigenvalue weighted by Crippen LogP contribution is -2.42. The topological polar surface area (TPSA) is 84.9 Å². The number of halogens is 1. The molecule has 0 bridgehead atoms. The zero-order chi connectivity index (χ0) is 25.8. The van der Waals surface area contributed by atoms with Gasteiger partial charge >= 0.3 is 0 Å². The quantitative estimate of drug-likeness (QED) is 0.430. The second kappa shape index (κ2) is 11.0. The molecule has 0 radical (unpaired) electrons. The number of ether oxygens (including phenoxy) is 2. The first-order valence-electron chi connectivity index (χ1n) is 10.9. The van der Waals surface area contributed by atoms with Crippen molar-refractivity contribution in [1.29, 1.82) is 0 Å². The maximum Gasteiger partial charge on any atom is 0.264 e. The highest BCUT2D eigenvalue weighted by atomic mass is 35.5. The summed E-state index contributed by atoms with van der Waals surface area (Å²) < 4.78 is 39.1. The molecular formula is C26H29ClN2O5S. The van der Waals surface area contributed by atoms with E-state index in [0.29, 0.717) is 33.3 Å². The molecule has 1 N–H and O–H groups in total. The van der Waals surface area contributed by atoms with Crippen molar-refractivity contribution in [2.24, 2.45) is 0 Å². The van der Waals surface area contributed by atoms with Crippen LogP contribution in [0.2, 0.25) is 5.02 Å². The molecule has 3 aromatic carbocycles. The van der Waals surface area contributed by atoms with Crippen LogP contribution in [-0.4, -0.2) is 35.1 Å². The Hall–Kier alpha value is -3.23. The number of amides is 1. The molecule has 0 fully saturated rings. The molecule has 1 atom stereocenters. The van der Waals surface area contributed by atoms with Crippen molar-refractivity contribution in [3.63, 3.8) is 0 Å². The van der Waals surface area contributed by atoms with Gasteiger partial charge in [-0.3, -0.25) is 9.10 Å². The summed E-state index contributed by atoms with van der Waals surface area (Å²) in [6, 6.07) is 16.3. The van der Waals surface area contributed by atoms with Gasteiger partial charge in [0.15, 0.2) is 0 Å². The third kappa shape index (κ3) is 5.89. The third-order valence-corrected chi connectivity index (χ3v) is 7.87. The van der Waals surface area contributed by atoms with Crippen LogP contribution in [0, 0.1) is 13.8 Å². The van der Waals surface area contributed by atoms with Crippen LogP contribution >= 0.6 is 11.6 Å². The minimum atomic E-state index is -4.06. The molecule has 0 aliphatic rings. The number of hydrogen-bond donors (Lipinski definition) is 1. The highest BCUT2D eigenvalue weighted by Gasteiger charge is 2.29. The molecule has 0 saturated carbocycles. The van der Waals surface area contributed by atoms with E-state index in [9.17, 15) is 13.2 Å². The van der Waals surface area contributed by atoms with E-state index in [1.54, 1.807) is 69.5 Å². The van der Waals surface area contributed by atoms with Gasteiger partial charge in [0, 0.05) is 10.6 Å². The number of hydrogen-bond acceptors (Lipinski definition) is 5. The molecule has 186 valence electrons. The number of nitrogens with zero attached hydrogens (tertiary/aromatic N) is 1. The molecule has 35 heavy (non-hydrogen) atoms. The highest BCUT2D eigenvalue weighted by Crippen LogP contribution is 2.32. The number of methoxy groups -OCH3 is 2. The maximum atomic E-state index is 13.6. The van der Waals surface area contributed by atoms with Gasteiger partial charge in [-0.15, -0.1) is 0 Å². The zero-order valence-electron chi connectivity index (χ0n) is 20.3. The monoisotopic (exact) mass is 516 g/mol. The zero-order valence-corrected chi connectivity index (χ0v) is 21.9. The molecule has 1 amide bonds. The van der Waals surface area contributed by atoms with E-state index < -0.39 is 28.5 Å². The summed E-state index contributed by atoms with van der Waals surface area (Å²) >= 11 is 6.29. The number of anilines is 1. The summed E-state index contributed by atoms with van der Waals surface area (Å²) in [7, 11) is -0.969. The Labute approximate surface area is 211 Å². The van der Waals surface area contributed by atoms with E-state index in [1.807, 2.05) is 6.92 Å². The number of carbonyl (C=O) groups is 1. The summed E-state index contributed by atoms with van der Waals surface area (Å²) in [5.74, 6) is 0.700. The molecule has 9 heteroatoms. The van der Waals surface area contributed by atoms with E-state index in [-0.39, 0.29) is 4.90 Å². The van der Waals surface area contributed by atoms with Crippen LogP contribution in [0.4, 0.5) is 5.69 Å². The van der Waals surface area contributed by atoms with Crippen LogP contribution in [0.3, 0.4) is 0 Å². The Kier molecular flexibility index (Phi) is 8.30. The summed E-state index contributed by atoms with van der Waals surface area (Å²) in [5.41, 5.74) is 2.51. The second-order valence-corrected chi connectivity index (χ2v) is 10.4. The summed E-state index contributed by atoms with van der Waals surface area (Å²) in [6.45, 7) is 4.95. The maximum absolute atomic E-state index is 13.6. The van der Waals surface area contributed by atoms with Gasteiger partial charge < -0.3 is 14.8 Å². The van der Waals surface area contributed by atoms with Gasteiger partial charge in [0.05, 0.1) is 30.8 Å². The lowest BCUT2D eigenvalue weighted by atomic mass is 10.1. The van der Waals surface area contributed by atoms with E-state index in [1.165, 1.54) is 19.2 Å². The lowest BCUT2D eigenvalue weighted by molar-refractivity contribution is -0.120. The first-order chi connectivity index (χ1) is 16.6. The van der Waals surface area contributed by atoms with Gasteiger partial charge in [-0.2, -0.15) is 0 Å². The van der Waals surface area contributed by atoms with E-state index in [0.717, 1.165) is 9.87 Å². The number of benzene rings is 3. The predicted molar refractivity (Wildman–Crippen MR) is 138 cm³/mol. The Balaban J connectivity index is 1.96. The van der Waals surface area contributed by atoms with Crippen molar-refractivity contribution in [2.75, 3.05) is 25.1 Å². The first-order valence-corrected chi connectivity index (χ1v) is 12.8. The van der Waals surface area contributed by atoms with Gasteiger partial charge in [-0.1, -0.05) is 35.4 Å². The smallest absolute Gasteiger partial charge is 0.264 e. The van der Waals surface area contributed by atoms with E-state index in [4.69, 9.17) is 21.1 Å². The Morgan fingerprint density at radius 3 is 2.34 bits per heavy atom. The van der Waals surface area contributed by atoms with Gasteiger partial charge in [-0.05, 0) is 68.8 Å². The standard InChI is InChI=1S/C26H29ClN2O5S/c1-17-9-12-21(13-10-17)35(31,32)29(24-8-6-7-23(27)18(24)2)16-26(30)28-19(3)22-15-20(33-4)11-14-25(22)34-5/h6-15,19H,16H2,1-5H3,(H,28,30)/t19-/m0/s1. The minimum absolute atomic E-state index is 0.0813. The van der Waals surface area contributed by atoms with E-state index in [2.05, 4.69) is 5.32 Å². The molecule has 0 unspecified atom stereocenters. The fourth-order valence-electron chi connectivity index (χ4n) is 3.68. The normalized spacial score (nSPS) is 12.1. The van der Waals surface area contributed by atoms with Gasteiger partial charge in [0.2, 0.25) is 5.91 Å². The van der Waals surface area contributed by atoms with Crippen LogP contribution in [0.1, 0.15) is 29.7 Å². The van der Waals surface area contributed by atoms with Crippen LogP contribution < -0.4 is 19.1 Å². The second-order valence-electron chi connectivity index (χ2n) is 8.11. The molecule has 0 spiro atoms. The highest BCUT2D eigenvalue weighted by molar-refractivity contribution is 7.92. The van der Waals surface area contributed by atoms with Crippen LogP contribution in [0.15, 0.2) is 65.6 Å². The molecule has 7 nitrogen and oxygen atoms in total. The lowest BCUT2D eigenvalue weighted by Gasteiger charge is -2.27. The first kappa shape index (κ1) is 26.4. The minimum Gasteiger partial charge on any atom is -0.497 e. The SMILES string of the molecule is COc1ccc(OC)c([C@H](C)NC(=O)CN(c2cccc(Cl)c2C)S(=O)(=O)c2ccc(C)cc2)c1. The number of nitrogens with one attached hydrogen (secondary N) is 1. The molecule has 0 saturated heterocycles. The van der Waals surface area contributed by atoms with Crippen molar-refractivity contribution >= 4 is 33.2 Å². The number of rotatable bonds is 9. The molecule has 0 aliphatic heterocycles. The molecule has 0 aromatic heterocycles. The molecule has 0 aliphatic carbocycles. The summed E-state index contributed by atoms with van der Waals surface area (Å²) in [6.07, 6.45) is 0. The van der Waals surface area contributed by atoms with Gasteiger partial charge in [0.25, 0.3) is 10.0 Å². The van der Waals surface area contributed by atoms with E-state index >= 15 is 0 Å². The number of carbonyl (C=O) groups excluding carboxylic acids is 1. The van der Waals surface area contributed by atoms with Crippen molar-refractivity contribution in [3.8, 4) is 11.5 Å². The fourth-order valence-corrected chi connectivity index (χ4v) is 5.32. The summed E-state index contributed by atoms with van der Waals surface area (Å²) in [4.78, 5) is 13.3. The Morgan fingerprint density at radius 2 is 1.71 bits per heavy atom. The average molecular weight is 517 g/mol. The van der Waals surface area contributed by atoms with Gasteiger partial charge in [-0.25, -0.2) is 8.42 Å². The molecular weight excluding hydrogens is 488 g/mol. The van der Waals surface area contributed by atoms with Crippen molar-refractivity contribution in [2.45, 2.75) is 31.7 Å². The van der Waals surface area contributed by atoms with Crippen LogP contribution in [0.5, 0.6) is 11.5 Å². The fraction of sp³-hybridized carbons (Fsp3) is 0.269. The molecule has 3 rings (SSSR count). The number of aryl methyl sites for hydroxylation is 1. The third-order valence-electron chi connectivity index (χ3n) is 5.68. The predicted octanol–water partition coefficient (Wildman–Crippen LogP) is 5.05. The van der Waals surface area contributed by atoms with Crippen molar-refractivity contribution in [3.05, 3.63) is 82.4 Å². The summed E-state index contributed by atoms with van der Waals surface area (Å²) in [5, 5.41) is 3.28. The van der Waals surface area contributed by atoms with Gasteiger partial charge in [0.1, 0.15) is 18.0 Å². The largest absolute Gasteiger partial charge is 0.497 e. The van der Waals surface area contributed by atoms with Crippen molar-refractivity contribution < 1.29 is 22.7 Å². The molecule has 3 aromatic rings. The Bertz CT molecular complexity index is 1310. The average Bonchev–Trinajstić information content (AvgIpc) is 2.84. The van der Waals surface area contributed by atoms with Crippen LogP contribution in [-0.2, 0) is 14.8 Å².